The lowest BCUT2D eigenvalue weighted by molar-refractivity contribution is -0.138. The highest BCUT2D eigenvalue weighted by molar-refractivity contribution is 5.89. The van der Waals surface area contributed by atoms with E-state index in [1.165, 1.54) is 26.2 Å². The van der Waals surface area contributed by atoms with Crippen LogP contribution >= 0.6 is 0 Å². The first-order valence-corrected chi connectivity index (χ1v) is 4.62. The van der Waals surface area contributed by atoms with Crippen molar-refractivity contribution in [2.24, 2.45) is 0 Å². The Bertz CT molecular complexity index is 493. The van der Waals surface area contributed by atoms with Gasteiger partial charge in [0.2, 0.25) is 0 Å². The highest BCUT2D eigenvalue weighted by Gasteiger charge is 2.31. The summed E-state index contributed by atoms with van der Waals surface area (Å²) in [7, 11) is 1.18. The van der Waals surface area contributed by atoms with Gasteiger partial charge in [0, 0.05) is 11.5 Å². The van der Waals surface area contributed by atoms with Crippen LogP contribution in [0.15, 0.2) is 18.2 Å². The number of hydrogen-bond donors (Lipinski definition) is 0. The van der Waals surface area contributed by atoms with Crippen molar-refractivity contribution in [1.82, 2.24) is 0 Å². The van der Waals surface area contributed by atoms with Crippen LogP contribution in [-0.2, 0) is 15.7 Å². The van der Waals surface area contributed by atoms with Crippen molar-refractivity contribution in [1.29, 1.82) is 0 Å². The molecule has 90 valence electrons. The maximum absolute atomic E-state index is 12.4. The molecule has 5 heteroatoms. The van der Waals surface area contributed by atoms with Gasteiger partial charge in [-0.1, -0.05) is 5.92 Å². The molecule has 0 heterocycles. The monoisotopic (exact) mass is 242 g/mol. The molecule has 0 bridgehead atoms. The van der Waals surface area contributed by atoms with Crippen molar-refractivity contribution < 1.29 is 22.7 Å². The summed E-state index contributed by atoms with van der Waals surface area (Å²) in [6.07, 6.45) is -4.38. The number of aryl methyl sites for hydroxylation is 1. The normalized spacial score (nSPS) is 10.4. The quantitative estimate of drug-likeness (QED) is 0.516. The molecule has 0 aromatic heterocycles. The highest BCUT2D eigenvalue weighted by Crippen LogP contribution is 2.31. The van der Waals surface area contributed by atoms with E-state index >= 15 is 0 Å². The van der Waals surface area contributed by atoms with E-state index in [9.17, 15) is 18.0 Å². The number of halogens is 3. The molecule has 0 amide bonds. The maximum Gasteiger partial charge on any atom is 0.416 e. The number of methoxy groups -OCH3 is 1. The molecule has 1 aromatic carbocycles. The molecule has 0 unspecified atom stereocenters. The smallest absolute Gasteiger partial charge is 0.416 e. The van der Waals surface area contributed by atoms with Gasteiger partial charge >= 0.3 is 12.1 Å². The van der Waals surface area contributed by atoms with E-state index in [0.29, 0.717) is 5.56 Å². The van der Waals surface area contributed by atoms with Gasteiger partial charge in [-0.3, -0.25) is 0 Å². The molecule has 0 aliphatic heterocycles. The summed E-state index contributed by atoms with van der Waals surface area (Å²) in [6.45, 7) is 1.34. The van der Waals surface area contributed by atoms with E-state index in [4.69, 9.17) is 0 Å². The van der Waals surface area contributed by atoms with Crippen molar-refractivity contribution in [3.63, 3.8) is 0 Å². The molecule has 0 spiro atoms. The zero-order chi connectivity index (χ0) is 13.1. The van der Waals surface area contributed by atoms with Crippen molar-refractivity contribution in [3.8, 4) is 11.8 Å². The summed E-state index contributed by atoms with van der Waals surface area (Å²) in [4.78, 5) is 10.7. The topological polar surface area (TPSA) is 26.3 Å². The second-order valence-electron chi connectivity index (χ2n) is 3.27. The van der Waals surface area contributed by atoms with Crippen LogP contribution in [0.25, 0.3) is 0 Å². The number of rotatable bonds is 0. The number of ether oxygens (including phenoxy) is 1. The van der Waals surface area contributed by atoms with Gasteiger partial charge in [0.25, 0.3) is 0 Å². The molecule has 0 saturated carbocycles. The molecule has 0 fully saturated rings. The molecule has 0 N–H and O–H groups in total. The Hall–Kier alpha value is -1.96. The molecular formula is C12H9F3O2. The van der Waals surface area contributed by atoms with Gasteiger partial charge in [0.15, 0.2) is 0 Å². The SMILES string of the molecule is COC(=O)C#Cc1ccc(C(F)(F)F)c(C)c1. The van der Waals surface area contributed by atoms with Crippen molar-refractivity contribution >= 4 is 5.97 Å². The standard InChI is InChI=1S/C12H9F3O2/c1-8-7-9(4-6-11(16)17-2)3-5-10(8)12(13,14)15/h3,5,7H,1-2H3. The number of alkyl halides is 3. The van der Waals surface area contributed by atoms with Crippen LogP contribution in [0.4, 0.5) is 13.2 Å². The van der Waals surface area contributed by atoms with E-state index < -0.39 is 17.7 Å². The van der Waals surface area contributed by atoms with E-state index in [-0.39, 0.29) is 5.56 Å². The number of carbonyl (C=O) groups is 1. The summed E-state index contributed by atoms with van der Waals surface area (Å²) in [5.74, 6) is 3.83. The van der Waals surface area contributed by atoms with Crippen LogP contribution in [0.1, 0.15) is 16.7 Å². The van der Waals surface area contributed by atoms with Crippen molar-refractivity contribution in [3.05, 3.63) is 34.9 Å². The highest BCUT2D eigenvalue weighted by atomic mass is 19.4. The fourth-order valence-electron chi connectivity index (χ4n) is 1.23. The molecule has 0 aliphatic rings. The van der Waals surface area contributed by atoms with Crippen LogP contribution < -0.4 is 0 Å². The van der Waals surface area contributed by atoms with Crippen LogP contribution in [0.2, 0.25) is 0 Å². The van der Waals surface area contributed by atoms with E-state index in [2.05, 4.69) is 16.6 Å². The van der Waals surface area contributed by atoms with E-state index in [1.54, 1.807) is 0 Å². The van der Waals surface area contributed by atoms with Gasteiger partial charge in [0.1, 0.15) is 0 Å². The fraction of sp³-hybridized carbons (Fsp3) is 0.250. The first-order valence-electron chi connectivity index (χ1n) is 4.62. The molecule has 0 radical (unpaired) electrons. The average molecular weight is 242 g/mol. The first-order chi connectivity index (χ1) is 7.84. The number of hydrogen-bond acceptors (Lipinski definition) is 2. The molecule has 1 aromatic rings. The van der Waals surface area contributed by atoms with E-state index in [0.717, 1.165) is 6.07 Å². The third kappa shape index (κ3) is 3.52. The minimum atomic E-state index is -4.38. The summed E-state index contributed by atoms with van der Waals surface area (Å²) < 4.78 is 41.6. The fourth-order valence-corrected chi connectivity index (χ4v) is 1.23. The van der Waals surface area contributed by atoms with Crippen molar-refractivity contribution in [2.45, 2.75) is 13.1 Å². The Kier molecular flexibility index (Phi) is 3.79. The molecule has 1 rings (SSSR count). The largest absolute Gasteiger partial charge is 0.459 e. The second-order valence-corrected chi connectivity index (χ2v) is 3.27. The number of esters is 1. The molecule has 0 saturated heterocycles. The van der Waals surface area contributed by atoms with Gasteiger partial charge in [-0.15, -0.1) is 0 Å². The maximum atomic E-state index is 12.4. The first kappa shape index (κ1) is 13.1. The van der Waals surface area contributed by atoms with Crippen LogP contribution in [-0.4, -0.2) is 13.1 Å². The third-order valence-corrected chi connectivity index (χ3v) is 2.03. The Morgan fingerprint density at radius 2 is 2.00 bits per heavy atom. The Balaban J connectivity index is 3.04. The molecular weight excluding hydrogens is 233 g/mol. The van der Waals surface area contributed by atoms with Gasteiger partial charge < -0.3 is 4.74 Å². The predicted molar refractivity (Wildman–Crippen MR) is 55.1 cm³/mol. The van der Waals surface area contributed by atoms with Gasteiger partial charge in [-0.25, -0.2) is 4.79 Å². The molecule has 2 nitrogen and oxygen atoms in total. The van der Waals surface area contributed by atoms with Crippen molar-refractivity contribution in [2.75, 3.05) is 7.11 Å². The van der Waals surface area contributed by atoms with Crippen LogP contribution in [0, 0.1) is 18.8 Å². The van der Waals surface area contributed by atoms with Crippen LogP contribution in [0.3, 0.4) is 0 Å². The lowest BCUT2D eigenvalue weighted by atomic mass is 10.1. The molecule has 17 heavy (non-hydrogen) atoms. The number of benzene rings is 1. The minimum absolute atomic E-state index is 0.0640. The van der Waals surface area contributed by atoms with Crippen LogP contribution in [0.5, 0.6) is 0 Å². The number of carbonyl (C=O) groups excluding carboxylic acids is 1. The Morgan fingerprint density at radius 3 is 2.47 bits per heavy atom. The zero-order valence-electron chi connectivity index (χ0n) is 9.18. The molecule has 0 atom stereocenters. The van der Waals surface area contributed by atoms with E-state index in [1.807, 2.05) is 0 Å². The minimum Gasteiger partial charge on any atom is -0.459 e. The average Bonchev–Trinajstić information content (AvgIpc) is 2.24. The predicted octanol–water partition coefficient (Wildman–Crippen LogP) is 2.54. The van der Waals surface area contributed by atoms with Gasteiger partial charge in [-0.05, 0) is 30.7 Å². The summed E-state index contributed by atoms with van der Waals surface area (Å²) in [5, 5.41) is 0. The zero-order valence-corrected chi connectivity index (χ0v) is 9.18. The molecule has 0 aliphatic carbocycles. The second kappa shape index (κ2) is 4.91. The summed E-state index contributed by atoms with van der Waals surface area (Å²) in [6, 6.07) is 3.43. The lowest BCUT2D eigenvalue weighted by Gasteiger charge is -2.09. The third-order valence-electron chi connectivity index (χ3n) is 2.03. The van der Waals surface area contributed by atoms with Gasteiger partial charge in [-0.2, -0.15) is 13.2 Å². The lowest BCUT2D eigenvalue weighted by Crippen LogP contribution is -2.07. The van der Waals surface area contributed by atoms with Gasteiger partial charge in [0.05, 0.1) is 12.7 Å². The Morgan fingerprint density at radius 1 is 1.35 bits per heavy atom. The summed E-state index contributed by atoms with van der Waals surface area (Å²) in [5.41, 5.74) is -0.309. The Labute approximate surface area is 96.4 Å². The summed E-state index contributed by atoms with van der Waals surface area (Å²) >= 11 is 0.